The third-order valence-electron chi connectivity index (χ3n) is 5.87. The first kappa shape index (κ1) is 19.8. The van der Waals surface area contributed by atoms with E-state index in [1.807, 2.05) is 65.7 Å². The molecule has 6 heteroatoms. The molecule has 1 saturated heterocycles. The lowest BCUT2D eigenvalue weighted by atomic mass is 9.93. The average Bonchev–Trinajstić information content (AvgIpc) is 3.26. The fourth-order valence-electron chi connectivity index (χ4n) is 4.15. The highest BCUT2D eigenvalue weighted by molar-refractivity contribution is 7.18. The molecular weight excluding hydrogens is 404 g/mol. The number of carbonyl (C=O) groups is 1. The maximum Gasteiger partial charge on any atom is 0.222 e. The zero-order valence-electron chi connectivity index (χ0n) is 17.3. The summed E-state index contributed by atoms with van der Waals surface area (Å²) in [7, 11) is 0. The topological polar surface area (TPSA) is 59.0 Å². The van der Waals surface area contributed by atoms with Gasteiger partial charge in [0.25, 0.3) is 0 Å². The minimum Gasteiger partial charge on any atom is -0.343 e. The van der Waals surface area contributed by atoms with Crippen LogP contribution in [0.3, 0.4) is 0 Å². The number of nitrogens with zero attached hydrogens (tertiary/aromatic N) is 4. The number of hydrogen-bond acceptors (Lipinski definition) is 5. The van der Waals surface area contributed by atoms with Gasteiger partial charge >= 0.3 is 0 Å². The number of fused-ring (bicyclic) bond motifs is 1. The number of aromatic nitrogens is 3. The van der Waals surface area contributed by atoms with E-state index in [-0.39, 0.29) is 5.91 Å². The summed E-state index contributed by atoms with van der Waals surface area (Å²) in [6.45, 7) is 1.57. The van der Waals surface area contributed by atoms with Crippen LogP contribution in [0, 0.1) is 0 Å². The first-order valence-corrected chi connectivity index (χ1v) is 11.6. The molecule has 1 aliphatic rings. The molecule has 0 atom stereocenters. The van der Waals surface area contributed by atoms with E-state index < -0.39 is 0 Å². The molecular formula is C25H24N4OS. The van der Waals surface area contributed by atoms with Gasteiger partial charge in [0.05, 0.1) is 15.2 Å². The first-order valence-electron chi connectivity index (χ1n) is 10.8. The van der Waals surface area contributed by atoms with E-state index in [9.17, 15) is 4.79 Å². The van der Waals surface area contributed by atoms with Crippen molar-refractivity contribution < 1.29 is 4.79 Å². The van der Waals surface area contributed by atoms with Crippen LogP contribution in [0.2, 0.25) is 0 Å². The zero-order chi connectivity index (χ0) is 21.0. The summed E-state index contributed by atoms with van der Waals surface area (Å²) in [6.07, 6.45) is 4.97. The number of likely N-dealkylation sites (tertiary alicyclic amines) is 1. The highest BCUT2D eigenvalue weighted by Gasteiger charge is 2.25. The van der Waals surface area contributed by atoms with Crippen LogP contribution >= 0.6 is 11.3 Å². The molecule has 0 saturated carbocycles. The van der Waals surface area contributed by atoms with E-state index in [0.717, 1.165) is 53.5 Å². The highest BCUT2D eigenvalue weighted by atomic mass is 32.1. The van der Waals surface area contributed by atoms with Gasteiger partial charge in [-0.25, -0.2) is 15.0 Å². The van der Waals surface area contributed by atoms with Gasteiger partial charge < -0.3 is 4.90 Å². The first-order chi connectivity index (χ1) is 15.3. The Kier molecular flexibility index (Phi) is 5.71. The van der Waals surface area contributed by atoms with Crippen molar-refractivity contribution in [1.82, 2.24) is 19.9 Å². The molecule has 3 heterocycles. The Bertz CT molecular complexity index is 1150. The van der Waals surface area contributed by atoms with Gasteiger partial charge in [-0.2, -0.15) is 0 Å². The number of hydrogen-bond donors (Lipinski definition) is 0. The van der Waals surface area contributed by atoms with Gasteiger partial charge in [0.2, 0.25) is 5.91 Å². The second-order valence-electron chi connectivity index (χ2n) is 7.90. The van der Waals surface area contributed by atoms with E-state index >= 15 is 0 Å². The van der Waals surface area contributed by atoms with E-state index in [4.69, 9.17) is 4.98 Å². The zero-order valence-corrected chi connectivity index (χ0v) is 18.1. The van der Waals surface area contributed by atoms with E-state index in [0.29, 0.717) is 18.8 Å². The number of carbonyl (C=O) groups excluding carboxylic acids is 1. The van der Waals surface area contributed by atoms with Crippen LogP contribution in [0.1, 0.15) is 35.9 Å². The van der Waals surface area contributed by atoms with E-state index in [2.05, 4.69) is 16.0 Å². The molecule has 0 radical (unpaired) electrons. The molecule has 0 N–H and O–H groups in total. The van der Waals surface area contributed by atoms with Crippen LogP contribution in [-0.4, -0.2) is 38.8 Å². The highest BCUT2D eigenvalue weighted by Crippen LogP contribution is 2.28. The average molecular weight is 429 g/mol. The summed E-state index contributed by atoms with van der Waals surface area (Å²) < 4.78 is 1.19. The number of thiazole rings is 1. The number of benzene rings is 2. The van der Waals surface area contributed by atoms with Gasteiger partial charge in [-0.3, -0.25) is 4.79 Å². The predicted octanol–water partition coefficient (Wildman–Crippen LogP) is 5.09. The van der Waals surface area contributed by atoms with Gasteiger partial charge in [-0.05, 0) is 31.0 Å². The standard InChI is InChI=1S/C25H24N4OS/c30-24(11-10-23-27-21-8-4-5-9-22(21)31-23)29-16-13-18(14-17-29)20-12-15-26-25(28-20)19-6-2-1-3-7-19/h1-9,12,15,18H,10-11,13-14,16-17H2. The lowest BCUT2D eigenvalue weighted by molar-refractivity contribution is -0.132. The summed E-state index contributed by atoms with van der Waals surface area (Å²) >= 11 is 1.69. The van der Waals surface area contributed by atoms with Crippen LogP contribution in [0.25, 0.3) is 21.6 Å². The van der Waals surface area contributed by atoms with Crippen molar-refractivity contribution in [3.63, 3.8) is 0 Å². The number of aryl methyl sites for hydroxylation is 1. The van der Waals surface area contributed by atoms with Gasteiger partial charge in [0.15, 0.2) is 5.82 Å². The number of amides is 1. The Hall–Kier alpha value is -3.12. The van der Waals surface area contributed by atoms with Crippen molar-refractivity contribution in [2.75, 3.05) is 13.1 Å². The number of piperidine rings is 1. The van der Waals surface area contributed by atoms with Gasteiger partial charge in [0, 0.05) is 49.3 Å². The summed E-state index contributed by atoms with van der Waals surface area (Å²) in [6, 6.07) is 20.2. The molecule has 4 aromatic rings. The second kappa shape index (κ2) is 8.94. The SMILES string of the molecule is O=C(CCc1nc2ccccc2s1)N1CCC(c2ccnc(-c3ccccc3)n2)CC1. The monoisotopic (exact) mass is 428 g/mol. The molecule has 1 aliphatic heterocycles. The molecule has 0 unspecified atom stereocenters. The molecule has 2 aromatic heterocycles. The molecule has 156 valence electrons. The van der Waals surface area contributed by atoms with Crippen molar-refractivity contribution in [2.45, 2.75) is 31.6 Å². The van der Waals surface area contributed by atoms with Crippen molar-refractivity contribution >= 4 is 27.5 Å². The maximum absolute atomic E-state index is 12.7. The van der Waals surface area contributed by atoms with Gasteiger partial charge in [-0.1, -0.05) is 42.5 Å². The molecule has 1 fully saturated rings. The number of rotatable bonds is 5. The van der Waals surface area contributed by atoms with Crippen molar-refractivity contribution in [3.8, 4) is 11.4 Å². The van der Waals surface area contributed by atoms with E-state index in [1.165, 1.54) is 4.70 Å². The normalized spacial score (nSPS) is 14.8. The Morgan fingerprint density at radius 1 is 0.968 bits per heavy atom. The molecule has 31 heavy (non-hydrogen) atoms. The summed E-state index contributed by atoms with van der Waals surface area (Å²) in [5, 5.41) is 1.04. The summed E-state index contributed by atoms with van der Waals surface area (Å²) in [5.41, 5.74) is 3.14. The van der Waals surface area contributed by atoms with Crippen molar-refractivity contribution in [2.24, 2.45) is 0 Å². The van der Waals surface area contributed by atoms with Crippen molar-refractivity contribution in [3.05, 3.63) is 77.6 Å². The maximum atomic E-state index is 12.7. The minimum atomic E-state index is 0.227. The molecule has 1 amide bonds. The smallest absolute Gasteiger partial charge is 0.222 e. The Morgan fingerprint density at radius 3 is 2.55 bits per heavy atom. The van der Waals surface area contributed by atoms with Crippen LogP contribution in [0.15, 0.2) is 66.9 Å². The van der Waals surface area contributed by atoms with Crippen LogP contribution in [0.5, 0.6) is 0 Å². The fourth-order valence-corrected chi connectivity index (χ4v) is 5.12. The molecule has 5 nitrogen and oxygen atoms in total. The Morgan fingerprint density at radius 2 is 1.74 bits per heavy atom. The fraction of sp³-hybridized carbons (Fsp3) is 0.280. The Balaban J connectivity index is 1.17. The molecule has 2 aromatic carbocycles. The molecule has 0 aliphatic carbocycles. The van der Waals surface area contributed by atoms with Crippen LogP contribution in [-0.2, 0) is 11.2 Å². The van der Waals surface area contributed by atoms with Crippen molar-refractivity contribution in [1.29, 1.82) is 0 Å². The third kappa shape index (κ3) is 4.49. The second-order valence-corrected chi connectivity index (χ2v) is 9.02. The van der Waals surface area contributed by atoms with E-state index in [1.54, 1.807) is 11.3 Å². The molecule has 0 bridgehead atoms. The third-order valence-corrected chi connectivity index (χ3v) is 6.96. The lowest BCUT2D eigenvalue weighted by Gasteiger charge is -2.31. The quantitative estimate of drug-likeness (QED) is 0.444. The molecule has 5 rings (SSSR count). The van der Waals surface area contributed by atoms with Gasteiger partial charge in [0.1, 0.15) is 0 Å². The minimum absolute atomic E-state index is 0.227. The predicted molar refractivity (Wildman–Crippen MR) is 124 cm³/mol. The Labute approximate surface area is 185 Å². The van der Waals surface area contributed by atoms with Crippen LogP contribution < -0.4 is 0 Å². The van der Waals surface area contributed by atoms with Gasteiger partial charge in [-0.15, -0.1) is 11.3 Å². The molecule has 0 spiro atoms. The summed E-state index contributed by atoms with van der Waals surface area (Å²) in [4.78, 5) is 28.6. The largest absolute Gasteiger partial charge is 0.343 e. The van der Waals surface area contributed by atoms with Crippen LogP contribution in [0.4, 0.5) is 0 Å². The lowest BCUT2D eigenvalue weighted by Crippen LogP contribution is -2.38. The number of para-hydroxylation sites is 1. The summed E-state index contributed by atoms with van der Waals surface area (Å²) in [5.74, 6) is 1.37.